The van der Waals surface area contributed by atoms with Crippen molar-refractivity contribution >= 4 is 39.1 Å². The van der Waals surface area contributed by atoms with Gasteiger partial charge in [-0.25, -0.2) is 4.79 Å². The molecular formula is C24H27IO4. The molecule has 0 bridgehead atoms. The predicted molar refractivity (Wildman–Crippen MR) is 124 cm³/mol. The summed E-state index contributed by atoms with van der Waals surface area (Å²) in [5.41, 5.74) is -0.199. The molecule has 0 spiro atoms. The lowest BCUT2D eigenvalue weighted by atomic mass is 9.87. The zero-order valence-electron chi connectivity index (χ0n) is 17.8. The van der Waals surface area contributed by atoms with Crippen molar-refractivity contribution in [3.05, 3.63) is 55.8 Å². The van der Waals surface area contributed by atoms with Crippen LogP contribution in [0.3, 0.4) is 0 Å². The molecule has 0 N–H and O–H groups in total. The third-order valence-corrected chi connectivity index (χ3v) is 5.64. The average Bonchev–Trinajstić information content (AvgIpc) is 3.09. The van der Waals surface area contributed by atoms with Crippen molar-refractivity contribution in [3.63, 3.8) is 0 Å². The number of rotatable bonds is 4. The SMILES string of the molecule is CC(C)(C)C(=O)CCc1oc(=O)c2cc(I)ccc2c1-c1ccc(C(C)(C)C)o1. The van der Waals surface area contributed by atoms with Gasteiger partial charge in [-0.3, -0.25) is 4.79 Å². The minimum atomic E-state index is -0.433. The van der Waals surface area contributed by atoms with Gasteiger partial charge in [0.2, 0.25) is 0 Å². The molecule has 4 nitrogen and oxygen atoms in total. The third kappa shape index (κ3) is 4.65. The summed E-state index contributed by atoms with van der Waals surface area (Å²) in [6, 6.07) is 9.59. The van der Waals surface area contributed by atoms with E-state index >= 15 is 0 Å². The van der Waals surface area contributed by atoms with Crippen molar-refractivity contribution in [1.82, 2.24) is 0 Å². The molecule has 0 aliphatic carbocycles. The first-order valence-corrected chi connectivity index (χ1v) is 10.8. The minimum absolute atomic E-state index is 0.128. The first-order chi connectivity index (χ1) is 13.4. The van der Waals surface area contributed by atoms with Gasteiger partial charge in [0, 0.05) is 32.6 Å². The van der Waals surface area contributed by atoms with Gasteiger partial charge in [-0.05, 0) is 46.9 Å². The van der Waals surface area contributed by atoms with Crippen molar-refractivity contribution in [3.8, 4) is 11.3 Å². The van der Waals surface area contributed by atoms with Crippen LogP contribution in [0.5, 0.6) is 0 Å². The normalized spacial score (nSPS) is 12.5. The van der Waals surface area contributed by atoms with Gasteiger partial charge in [0.05, 0.1) is 10.9 Å². The molecule has 3 aromatic rings. The third-order valence-electron chi connectivity index (χ3n) is 4.97. The van der Waals surface area contributed by atoms with Crippen molar-refractivity contribution in [1.29, 1.82) is 0 Å². The van der Waals surface area contributed by atoms with E-state index in [1.54, 1.807) is 0 Å². The largest absolute Gasteiger partial charge is 0.460 e. The van der Waals surface area contributed by atoms with Gasteiger partial charge in [0.25, 0.3) is 0 Å². The van der Waals surface area contributed by atoms with E-state index in [-0.39, 0.29) is 16.8 Å². The summed E-state index contributed by atoms with van der Waals surface area (Å²) in [6.45, 7) is 12.0. The number of furan rings is 1. The van der Waals surface area contributed by atoms with E-state index in [0.717, 1.165) is 20.3 Å². The van der Waals surface area contributed by atoms with Crippen LogP contribution in [-0.4, -0.2) is 5.78 Å². The number of halogens is 1. The maximum atomic E-state index is 12.7. The quantitative estimate of drug-likeness (QED) is 0.379. The number of carbonyl (C=O) groups excluding carboxylic acids is 1. The van der Waals surface area contributed by atoms with Crippen molar-refractivity contribution in [2.45, 2.75) is 59.8 Å². The first kappa shape index (κ1) is 21.8. The number of benzene rings is 1. The van der Waals surface area contributed by atoms with Crippen LogP contribution in [0.1, 0.15) is 59.5 Å². The molecule has 2 aromatic heterocycles. The maximum absolute atomic E-state index is 12.7. The highest BCUT2D eigenvalue weighted by atomic mass is 127. The Balaban J connectivity index is 2.19. The van der Waals surface area contributed by atoms with Crippen LogP contribution in [-0.2, 0) is 16.6 Å². The number of hydrogen-bond donors (Lipinski definition) is 0. The van der Waals surface area contributed by atoms with Gasteiger partial charge in [-0.1, -0.05) is 47.6 Å². The molecule has 0 saturated carbocycles. The maximum Gasteiger partial charge on any atom is 0.343 e. The van der Waals surface area contributed by atoms with E-state index < -0.39 is 5.41 Å². The molecule has 2 heterocycles. The molecule has 0 fully saturated rings. The van der Waals surface area contributed by atoms with E-state index in [0.29, 0.717) is 29.7 Å². The summed E-state index contributed by atoms with van der Waals surface area (Å²) < 4.78 is 12.9. The molecular weight excluding hydrogens is 479 g/mol. The monoisotopic (exact) mass is 506 g/mol. The summed E-state index contributed by atoms with van der Waals surface area (Å²) in [6.07, 6.45) is 0.663. The Labute approximate surface area is 184 Å². The van der Waals surface area contributed by atoms with Crippen LogP contribution in [0, 0.1) is 8.99 Å². The Hall–Kier alpha value is -1.89. The lowest BCUT2D eigenvalue weighted by Gasteiger charge is -2.17. The van der Waals surface area contributed by atoms with Crippen LogP contribution in [0.25, 0.3) is 22.1 Å². The van der Waals surface area contributed by atoms with Crippen LogP contribution in [0.4, 0.5) is 0 Å². The Kier molecular flexibility index (Phi) is 5.82. The van der Waals surface area contributed by atoms with E-state index in [1.165, 1.54) is 0 Å². The zero-order chi connectivity index (χ0) is 21.6. The fraction of sp³-hybridized carbons (Fsp3) is 0.417. The highest BCUT2D eigenvalue weighted by Gasteiger charge is 2.25. The zero-order valence-corrected chi connectivity index (χ0v) is 20.0. The molecule has 0 amide bonds. The van der Waals surface area contributed by atoms with E-state index in [9.17, 15) is 9.59 Å². The molecule has 0 aliphatic heterocycles. The number of carbonyl (C=O) groups is 1. The fourth-order valence-electron chi connectivity index (χ4n) is 3.20. The molecule has 0 radical (unpaired) electrons. The second kappa shape index (κ2) is 7.74. The highest BCUT2D eigenvalue weighted by molar-refractivity contribution is 14.1. The van der Waals surface area contributed by atoms with Crippen molar-refractivity contribution in [2.75, 3.05) is 0 Å². The molecule has 154 valence electrons. The topological polar surface area (TPSA) is 60.4 Å². The first-order valence-electron chi connectivity index (χ1n) is 9.77. The van der Waals surface area contributed by atoms with Gasteiger partial charge in [0.15, 0.2) is 0 Å². The molecule has 1 aromatic carbocycles. The van der Waals surface area contributed by atoms with Crippen molar-refractivity contribution in [2.24, 2.45) is 5.41 Å². The summed E-state index contributed by atoms with van der Waals surface area (Å²) >= 11 is 2.18. The van der Waals surface area contributed by atoms with Crippen molar-refractivity contribution < 1.29 is 13.6 Å². The standard InChI is InChI=1S/C24H27IO4/c1-23(2,3)19(26)11-9-18-21(17-10-12-20(28-17)24(4,5)6)15-8-7-14(25)13-16(15)22(27)29-18/h7-8,10,12-13H,9,11H2,1-6H3. The second-order valence-corrected chi connectivity index (χ2v) is 10.7. The minimum Gasteiger partial charge on any atom is -0.460 e. The Morgan fingerprint density at radius 3 is 2.24 bits per heavy atom. The van der Waals surface area contributed by atoms with Gasteiger partial charge in [-0.2, -0.15) is 0 Å². The molecule has 0 aliphatic rings. The average molecular weight is 506 g/mol. The molecule has 0 saturated heterocycles. The number of ketones is 1. The number of aryl methyl sites for hydroxylation is 1. The van der Waals surface area contributed by atoms with Gasteiger partial charge < -0.3 is 8.83 Å². The number of Topliss-reactive ketones (excluding diaryl/α,β-unsaturated/α-hetero) is 1. The van der Waals surface area contributed by atoms with E-state index in [2.05, 4.69) is 43.4 Å². The van der Waals surface area contributed by atoms with Crippen LogP contribution >= 0.6 is 22.6 Å². The lowest BCUT2D eigenvalue weighted by molar-refractivity contribution is -0.126. The Morgan fingerprint density at radius 2 is 1.66 bits per heavy atom. The molecule has 3 rings (SSSR count). The van der Waals surface area contributed by atoms with Crippen LogP contribution < -0.4 is 5.63 Å². The van der Waals surface area contributed by atoms with Crippen LogP contribution in [0.2, 0.25) is 0 Å². The van der Waals surface area contributed by atoms with Gasteiger partial charge >= 0.3 is 5.63 Å². The molecule has 0 unspecified atom stereocenters. The Bertz CT molecular complexity index is 1120. The summed E-state index contributed by atoms with van der Waals surface area (Å²) in [7, 11) is 0. The molecule has 0 atom stereocenters. The van der Waals surface area contributed by atoms with Gasteiger partial charge in [-0.15, -0.1) is 0 Å². The highest BCUT2D eigenvalue weighted by Crippen LogP contribution is 2.36. The fourth-order valence-corrected chi connectivity index (χ4v) is 3.69. The summed E-state index contributed by atoms with van der Waals surface area (Å²) in [5, 5.41) is 1.31. The summed E-state index contributed by atoms with van der Waals surface area (Å²) in [4.78, 5) is 25.1. The number of fused-ring (bicyclic) bond motifs is 1. The molecule has 5 heteroatoms. The lowest BCUT2D eigenvalue weighted by Crippen LogP contribution is -2.20. The van der Waals surface area contributed by atoms with Crippen LogP contribution in [0.15, 0.2) is 44.0 Å². The summed E-state index contributed by atoms with van der Waals surface area (Å²) in [5.74, 6) is 2.14. The smallest absolute Gasteiger partial charge is 0.343 e. The van der Waals surface area contributed by atoms with E-state index in [4.69, 9.17) is 8.83 Å². The number of hydrogen-bond acceptors (Lipinski definition) is 4. The molecule has 29 heavy (non-hydrogen) atoms. The Morgan fingerprint density at radius 1 is 0.966 bits per heavy atom. The van der Waals surface area contributed by atoms with E-state index in [1.807, 2.05) is 51.1 Å². The van der Waals surface area contributed by atoms with Gasteiger partial charge in [0.1, 0.15) is 23.1 Å². The second-order valence-electron chi connectivity index (χ2n) is 9.46. The predicted octanol–water partition coefficient (Wildman–Crippen LogP) is 6.50.